The number of likely N-dealkylation sites (tertiary alicyclic amines) is 1. The molecule has 170 valence electrons. The highest BCUT2D eigenvalue weighted by atomic mass is 16.5. The van der Waals surface area contributed by atoms with E-state index in [1.165, 1.54) is 6.26 Å². The molecule has 7 nitrogen and oxygen atoms in total. The molecule has 2 heterocycles. The van der Waals surface area contributed by atoms with Gasteiger partial charge in [0, 0.05) is 18.3 Å². The standard InChI is InChI=1S/C25H30N2O5/c1-16-7-8-17(10-19(16)26-22(29)20-6-5-9-31-20)23(30)32-13-21(28)27-15-25(4)12-18(27)11-24(2,3)14-25/h5-10,18H,11-15H2,1-4H3,(H,26,29). The lowest BCUT2D eigenvalue weighted by Gasteiger charge is -2.39. The van der Waals surface area contributed by atoms with E-state index in [-0.39, 0.29) is 40.7 Å². The molecule has 1 aromatic heterocycles. The van der Waals surface area contributed by atoms with E-state index in [1.807, 2.05) is 11.8 Å². The maximum Gasteiger partial charge on any atom is 0.338 e. The second-order valence-electron chi connectivity index (χ2n) is 10.3. The summed E-state index contributed by atoms with van der Waals surface area (Å²) >= 11 is 0. The molecule has 1 saturated heterocycles. The van der Waals surface area contributed by atoms with Crippen molar-refractivity contribution in [3.8, 4) is 0 Å². The van der Waals surface area contributed by atoms with Gasteiger partial charge in [-0.1, -0.05) is 26.8 Å². The Labute approximate surface area is 188 Å². The molecular formula is C25H30N2O5. The van der Waals surface area contributed by atoms with Gasteiger partial charge in [-0.2, -0.15) is 0 Å². The van der Waals surface area contributed by atoms with Gasteiger partial charge in [0.2, 0.25) is 0 Å². The minimum absolute atomic E-state index is 0.129. The molecular weight excluding hydrogens is 408 g/mol. The van der Waals surface area contributed by atoms with Gasteiger partial charge in [-0.25, -0.2) is 4.79 Å². The molecule has 4 rings (SSSR count). The van der Waals surface area contributed by atoms with Crippen molar-refractivity contribution < 1.29 is 23.5 Å². The minimum atomic E-state index is -0.597. The first-order chi connectivity index (χ1) is 15.1. The van der Waals surface area contributed by atoms with Crippen LogP contribution >= 0.6 is 0 Å². The van der Waals surface area contributed by atoms with E-state index in [1.54, 1.807) is 30.3 Å². The third-order valence-electron chi connectivity index (χ3n) is 6.53. The monoisotopic (exact) mass is 438 g/mol. The van der Waals surface area contributed by atoms with Crippen molar-refractivity contribution in [3.05, 3.63) is 53.5 Å². The van der Waals surface area contributed by atoms with Crippen molar-refractivity contribution in [2.45, 2.75) is 53.0 Å². The summed E-state index contributed by atoms with van der Waals surface area (Å²) in [4.78, 5) is 39.6. The number of anilines is 1. The van der Waals surface area contributed by atoms with Gasteiger partial charge in [-0.3, -0.25) is 9.59 Å². The zero-order valence-corrected chi connectivity index (χ0v) is 19.1. The number of aryl methyl sites for hydroxylation is 1. The van der Waals surface area contributed by atoms with Gasteiger partial charge >= 0.3 is 5.97 Å². The average Bonchev–Trinajstić information content (AvgIpc) is 3.33. The third kappa shape index (κ3) is 4.56. The van der Waals surface area contributed by atoms with Gasteiger partial charge in [0.05, 0.1) is 11.8 Å². The normalized spacial score (nSPS) is 23.6. The number of furan rings is 1. The largest absolute Gasteiger partial charge is 0.459 e. The molecule has 2 unspecified atom stereocenters. The molecule has 1 N–H and O–H groups in total. The number of benzene rings is 1. The quantitative estimate of drug-likeness (QED) is 0.698. The first-order valence-corrected chi connectivity index (χ1v) is 11.0. The average molecular weight is 439 g/mol. The molecule has 1 saturated carbocycles. The van der Waals surface area contributed by atoms with Crippen LogP contribution in [0.1, 0.15) is 66.5 Å². The number of esters is 1. The molecule has 2 aromatic rings. The molecule has 2 fully saturated rings. The molecule has 2 bridgehead atoms. The second-order valence-corrected chi connectivity index (χ2v) is 10.3. The number of carbonyl (C=O) groups excluding carboxylic acids is 3. The van der Waals surface area contributed by atoms with Crippen molar-refractivity contribution in [1.29, 1.82) is 0 Å². The van der Waals surface area contributed by atoms with Gasteiger partial charge in [0.1, 0.15) is 0 Å². The number of carbonyl (C=O) groups is 3. The van der Waals surface area contributed by atoms with Crippen molar-refractivity contribution in [2.24, 2.45) is 10.8 Å². The van der Waals surface area contributed by atoms with Gasteiger partial charge in [0.15, 0.2) is 12.4 Å². The molecule has 32 heavy (non-hydrogen) atoms. The fourth-order valence-electron chi connectivity index (χ4n) is 5.52. The maximum absolute atomic E-state index is 12.9. The van der Waals surface area contributed by atoms with E-state index in [0.717, 1.165) is 24.8 Å². The van der Waals surface area contributed by atoms with Gasteiger partial charge in [0.25, 0.3) is 11.8 Å². The Balaban J connectivity index is 1.38. The Kier molecular flexibility index (Phi) is 5.61. The molecule has 1 aromatic carbocycles. The number of fused-ring (bicyclic) bond motifs is 2. The molecule has 2 amide bonds. The van der Waals surface area contributed by atoms with E-state index in [9.17, 15) is 14.4 Å². The third-order valence-corrected chi connectivity index (χ3v) is 6.53. The Bertz CT molecular complexity index is 1040. The van der Waals surface area contributed by atoms with Crippen LogP contribution in [-0.4, -0.2) is 41.9 Å². The maximum atomic E-state index is 12.9. The molecule has 2 atom stereocenters. The zero-order chi connectivity index (χ0) is 23.1. The Morgan fingerprint density at radius 3 is 2.69 bits per heavy atom. The predicted octanol–water partition coefficient (Wildman–Crippen LogP) is 4.42. The van der Waals surface area contributed by atoms with E-state index in [2.05, 4.69) is 26.1 Å². The van der Waals surface area contributed by atoms with Crippen LogP contribution in [0, 0.1) is 17.8 Å². The van der Waals surface area contributed by atoms with E-state index >= 15 is 0 Å². The smallest absolute Gasteiger partial charge is 0.338 e. The van der Waals surface area contributed by atoms with E-state index in [0.29, 0.717) is 12.2 Å². The Morgan fingerprint density at radius 2 is 1.97 bits per heavy atom. The summed E-state index contributed by atoms with van der Waals surface area (Å²) in [5.41, 5.74) is 1.88. The Hall–Kier alpha value is -3.09. The summed E-state index contributed by atoms with van der Waals surface area (Å²) in [6, 6.07) is 8.29. The fraction of sp³-hybridized carbons (Fsp3) is 0.480. The molecule has 0 spiro atoms. The van der Waals surface area contributed by atoms with Gasteiger partial charge in [-0.05, 0) is 66.8 Å². The summed E-state index contributed by atoms with van der Waals surface area (Å²) in [6.07, 6.45) is 4.49. The first-order valence-electron chi connectivity index (χ1n) is 11.0. The lowest BCUT2D eigenvalue weighted by molar-refractivity contribution is -0.135. The van der Waals surface area contributed by atoms with Crippen molar-refractivity contribution in [3.63, 3.8) is 0 Å². The number of nitrogens with one attached hydrogen (secondary N) is 1. The number of hydrogen-bond acceptors (Lipinski definition) is 5. The van der Waals surface area contributed by atoms with Crippen LogP contribution < -0.4 is 5.32 Å². The lowest BCUT2D eigenvalue weighted by atomic mass is 9.65. The van der Waals surface area contributed by atoms with E-state index in [4.69, 9.17) is 9.15 Å². The summed E-state index contributed by atoms with van der Waals surface area (Å²) in [5, 5.41) is 2.74. The van der Waals surface area contributed by atoms with Crippen molar-refractivity contribution in [1.82, 2.24) is 4.90 Å². The van der Waals surface area contributed by atoms with Crippen LogP contribution in [0.4, 0.5) is 5.69 Å². The Morgan fingerprint density at radius 1 is 1.19 bits per heavy atom. The SMILES string of the molecule is Cc1ccc(C(=O)OCC(=O)N2CC3(C)CC2CC(C)(C)C3)cc1NC(=O)c1ccco1. The summed E-state index contributed by atoms with van der Waals surface area (Å²) < 4.78 is 10.4. The highest BCUT2D eigenvalue weighted by Gasteiger charge is 2.50. The van der Waals surface area contributed by atoms with E-state index < -0.39 is 11.9 Å². The van der Waals surface area contributed by atoms with Crippen LogP contribution in [0.25, 0.3) is 0 Å². The molecule has 7 heteroatoms. The number of rotatable bonds is 5. The minimum Gasteiger partial charge on any atom is -0.459 e. The molecule has 1 aliphatic carbocycles. The van der Waals surface area contributed by atoms with Crippen LogP contribution in [0.15, 0.2) is 41.0 Å². The molecule has 2 aliphatic rings. The number of nitrogens with zero attached hydrogens (tertiary/aromatic N) is 1. The predicted molar refractivity (Wildman–Crippen MR) is 119 cm³/mol. The molecule has 1 aliphatic heterocycles. The van der Waals surface area contributed by atoms with Crippen LogP contribution in [0.2, 0.25) is 0 Å². The topological polar surface area (TPSA) is 88.9 Å². The van der Waals surface area contributed by atoms with Gasteiger partial charge < -0.3 is 19.4 Å². The van der Waals surface area contributed by atoms with Crippen molar-refractivity contribution in [2.75, 3.05) is 18.5 Å². The number of amides is 2. The zero-order valence-electron chi connectivity index (χ0n) is 19.1. The summed E-state index contributed by atoms with van der Waals surface area (Å²) in [6.45, 7) is 9.00. The fourth-order valence-corrected chi connectivity index (χ4v) is 5.52. The first kappa shape index (κ1) is 22.1. The number of ether oxygens (including phenoxy) is 1. The number of hydrogen-bond donors (Lipinski definition) is 1. The van der Waals surface area contributed by atoms with Gasteiger partial charge in [-0.15, -0.1) is 0 Å². The summed E-state index contributed by atoms with van der Waals surface area (Å²) in [5.74, 6) is -0.977. The summed E-state index contributed by atoms with van der Waals surface area (Å²) in [7, 11) is 0. The van der Waals surface area contributed by atoms with Crippen LogP contribution in [0.5, 0.6) is 0 Å². The van der Waals surface area contributed by atoms with Crippen LogP contribution in [-0.2, 0) is 9.53 Å². The molecule has 0 radical (unpaired) electrons. The highest BCUT2D eigenvalue weighted by Crippen LogP contribution is 2.52. The van der Waals surface area contributed by atoms with Crippen molar-refractivity contribution >= 4 is 23.5 Å². The van der Waals surface area contributed by atoms with Crippen LogP contribution in [0.3, 0.4) is 0 Å². The second kappa shape index (κ2) is 8.11. The highest BCUT2D eigenvalue weighted by molar-refractivity contribution is 6.03. The lowest BCUT2D eigenvalue weighted by Crippen LogP contribution is -2.39.